The van der Waals surface area contributed by atoms with Gasteiger partial charge >= 0.3 is 12.6 Å². The highest BCUT2D eigenvalue weighted by atomic mass is 32.1. The van der Waals surface area contributed by atoms with Crippen LogP contribution in [0.25, 0.3) is 0 Å². The van der Waals surface area contributed by atoms with Crippen molar-refractivity contribution >= 4 is 28.2 Å². The minimum atomic E-state index is -2.99. The van der Waals surface area contributed by atoms with Crippen molar-refractivity contribution in [1.82, 2.24) is 0 Å². The summed E-state index contributed by atoms with van der Waals surface area (Å²) >= 11 is 1.26. The SMILES string of the molecule is CCOC(=O)c1c(C2CCc3ccccc3C2)csc1NC(=O)c1cccc(OC(F)F)c1. The van der Waals surface area contributed by atoms with Gasteiger partial charge < -0.3 is 14.8 Å². The summed E-state index contributed by atoms with van der Waals surface area (Å²) in [6.07, 6.45) is 2.61. The summed E-state index contributed by atoms with van der Waals surface area (Å²) in [6.45, 7) is -1.05. The first-order chi connectivity index (χ1) is 16.0. The fourth-order valence-electron chi connectivity index (χ4n) is 4.13. The second kappa shape index (κ2) is 10.1. The summed E-state index contributed by atoms with van der Waals surface area (Å²) in [4.78, 5) is 25.7. The molecule has 172 valence electrons. The maximum Gasteiger partial charge on any atom is 0.387 e. The van der Waals surface area contributed by atoms with Crippen LogP contribution in [0.15, 0.2) is 53.9 Å². The van der Waals surface area contributed by atoms with E-state index in [1.54, 1.807) is 6.92 Å². The highest BCUT2D eigenvalue weighted by molar-refractivity contribution is 7.15. The maximum absolute atomic E-state index is 12.9. The number of alkyl halides is 2. The van der Waals surface area contributed by atoms with Crippen molar-refractivity contribution in [2.45, 2.75) is 38.7 Å². The first kappa shape index (κ1) is 22.9. The lowest BCUT2D eigenvalue weighted by atomic mass is 9.80. The third-order valence-electron chi connectivity index (χ3n) is 5.63. The first-order valence-corrected chi connectivity index (χ1v) is 11.6. The van der Waals surface area contributed by atoms with Crippen molar-refractivity contribution in [1.29, 1.82) is 0 Å². The number of anilines is 1. The standard InChI is InChI=1S/C25H23F2NO4S/c1-2-31-24(30)21-20(17-11-10-15-6-3-4-7-16(15)12-17)14-33-23(21)28-22(29)18-8-5-9-19(13-18)32-25(26)27/h3-9,13-14,17,25H,2,10-12H2,1H3,(H,28,29). The number of rotatable bonds is 7. The molecule has 1 aromatic heterocycles. The average Bonchev–Trinajstić information content (AvgIpc) is 3.22. The van der Waals surface area contributed by atoms with Gasteiger partial charge in [-0.25, -0.2) is 4.79 Å². The number of fused-ring (bicyclic) bond motifs is 1. The molecule has 0 spiro atoms. The molecule has 1 aliphatic rings. The molecule has 0 saturated carbocycles. The number of carbonyl (C=O) groups excluding carboxylic acids is 2. The Bertz CT molecular complexity index is 1160. The second-order valence-corrected chi connectivity index (χ2v) is 8.56. The van der Waals surface area contributed by atoms with Gasteiger partial charge in [0, 0.05) is 5.56 Å². The van der Waals surface area contributed by atoms with E-state index in [0.717, 1.165) is 24.8 Å². The number of aryl methyl sites for hydroxylation is 1. The number of halogens is 2. The number of thiophene rings is 1. The predicted molar refractivity (Wildman–Crippen MR) is 123 cm³/mol. The molecule has 1 heterocycles. The van der Waals surface area contributed by atoms with Gasteiger partial charge in [0.15, 0.2) is 0 Å². The molecule has 0 bridgehead atoms. The van der Waals surface area contributed by atoms with E-state index in [0.29, 0.717) is 10.6 Å². The number of carbonyl (C=O) groups is 2. The van der Waals surface area contributed by atoms with Crippen LogP contribution in [-0.2, 0) is 17.6 Å². The van der Waals surface area contributed by atoms with Crippen molar-refractivity contribution < 1.29 is 27.8 Å². The molecular formula is C25H23F2NO4S. The molecule has 33 heavy (non-hydrogen) atoms. The number of hydrogen-bond acceptors (Lipinski definition) is 5. The molecule has 5 nitrogen and oxygen atoms in total. The molecule has 0 radical (unpaired) electrons. The minimum absolute atomic E-state index is 0.115. The Balaban J connectivity index is 1.61. The zero-order chi connectivity index (χ0) is 23.4. The Kier molecular flexibility index (Phi) is 7.03. The Hall–Kier alpha value is -3.26. The Morgan fingerprint density at radius 2 is 1.94 bits per heavy atom. The second-order valence-electron chi connectivity index (χ2n) is 7.68. The summed E-state index contributed by atoms with van der Waals surface area (Å²) in [6, 6.07) is 13.8. The molecule has 0 aliphatic heterocycles. The van der Waals surface area contributed by atoms with E-state index in [-0.39, 0.29) is 23.8 Å². The summed E-state index contributed by atoms with van der Waals surface area (Å²) in [5.41, 5.74) is 3.94. The van der Waals surface area contributed by atoms with Gasteiger partial charge in [-0.05, 0) is 72.4 Å². The summed E-state index contributed by atoms with van der Waals surface area (Å²) < 4.78 is 34.7. The highest BCUT2D eigenvalue weighted by Crippen LogP contribution is 2.40. The van der Waals surface area contributed by atoms with Crippen LogP contribution in [0.2, 0.25) is 0 Å². The van der Waals surface area contributed by atoms with Gasteiger partial charge in [0.1, 0.15) is 10.8 Å². The van der Waals surface area contributed by atoms with E-state index in [9.17, 15) is 18.4 Å². The molecule has 3 aromatic rings. The van der Waals surface area contributed by atoms with Crippen LogP contribution in [-0.4, -0.2) is 25.1 Å². The van der Waals surface area contributed by atoms with Crippen LogP contribution in [0.3, 0.4) is 0 Å². The zero-order valence-electron chi connectivity index (χ0n) is 18.0. The molecule has 1 N–H and O–H groups in total. The molecule has 1 amide bonds. The Morgan fingerprint density at radius 1 is 1.15 bits per heavy atom. The van der Waals surface area contributed by atoms with Crippen molar-refractivity contribution in [3.05, 3.63) is 81.7 Å². The summed E-state index contributed by atoms with van der Waals surface area (Å²) in [7, 11) is 0. The van der Waals surface area contributed by atoms with Crippen LogP contribution in [0, 0.1) is 0 Å². The summed E-state index contributed by atoms with van der Waals surface area (Å²) in [5.74, 6) is -1.000. The largest absolute Gasteiger partial charge is 0.462 e. The molecular weight excluding hydrogens is 448 g/mol. The van der Waals surface area contributed by atoms with E-state index >= 15 is 0 Å². The quantitative estimate of drug-likeness (QED) is 0.426. The third kappa shape index (κ3) is 5.22. The lowest BCUT2D eigenvalue weighted by Gasteiger charge is -2.25. The van der Waals surface area contributed by atoms with Crippen LogP contribution < -0.4 is 10.1 Å². The van der Waals surface area contributed by atoms with Gasteiger partial charge in [0.05, 0.1) is 12.2 Å². The van der Waals surface area contributed by atoms with Gasteiger partial charge in [0.25, 0.3) is 5.91 Å². The van der Waals surface area contributed by atoms with E-state index in [2.05, 4.69) is 22.2 Å². The number of hydrogen-bond donors (Lipinski definition) is 1. The van der Waals surface area contributed by atoms with Crippen molar-refractivity contribution in [2.75, 3.05) is 11.9 Å². The number of esters is 1. The van der Waals surface area contributed by atoms with Crippen LogP contribution >= 0.6 is 11.3 Å². The third-order valence-corrected chi connectivity index (χ3v) is 6.55. The number of benzene rings is 2. The van der Waals surface area contributed by atoms with E-state index in [4.69, 9.17) is 4.74 Å². The van der Waals surface area contributed by atoms with Crippen LogP contribution in [0.5, 0.6) is 5.75 Å². The molecule has 1 aliphatic carbocycles. The Morgan fingerprint density at radius 3 is 2.70 bits per heavy atom. The Labute approximate surface area is 194 Å². The van der Waals surface area contributed by atoms with Gasteiger partial charge in [-0.1, -0.05) is 30.3 Å². The molecule has 8 heteroatoms. The lowest BCUT2D eigenvalue weighted by Crippen LogP contribution is -2.18. The number of ether oxygens (including phenoxy) is 2. The smallest absolute Gasteiger partial charge is 0.387 e. The lowest BCUT2D eigenvalue weighted by molar-refractivity contribution is -0.0498. The fourth-order valence-corrected chi connectivity index (χ4v) is 5.16. The topological polar surface area (TPSA) is 64.6 Å². The van der Waals surface area contributed by atoms with Gasteiger partial charge in [-0.3, -0.25) is 4.79 Å². The average molecular weight is 472 g/mol. The van der Waals surface area contributed by atoms with Crippen LogP contribution in [0.4, 0.5) is 13.8 Å². The number of amides is 1. The predicted octanol–water partition coefficient (Wildman–Crippen LogP) is 6.05. The normalized spacial score (nSPS) is 15.1. The van der Waals surface area contributed by atoms with E-state index in [1.165, 1.54) is 46.7 Å². The highest BCUT2D eigenvalue weighted by Gasteiger charge is 2.29. The fraction of sp³-hybridized carbons (Fsp3) is 0.280. The maximum atomic E-state index is 12.9. The van der Waals surface area contributed by atoms with Gasteiger partial charge in [-0.2, -0.15) is 8.78 Å². The van der Waals surface area contributed by atoms with Crippen molar-refractivity contribution in [2.24, 2.45) is 0 Å². The zero-order valence-corrected chi connectivity index (χ0v) is 18.8. The van der Waals surface area contributed by atoms with Crippen LogP contribution in [0.1, 0.15) is 56.7 Å². The van der Waals surface area contributed by atoms with Crippen molar-refractivity contribution in [3.8, 4) is 5.75 Å². The first-order valence-electron chi connectivity index (χ1n) is 10.7. The number of nitrogens with one attached hydrogen (secondary N) is 1. The minimum Gasteiger partial charge on any atom is -0.462 e. The van der Waals surface area contributed by atoms with E-state index in [1.807, 2.05) is 17.5 Å². The van der Waals surface area contributed by atoms with Gasteiger partial charge in [0.2, 0.25) is 0 Å². The molecule has 0 fully saturated rings. The summed E-state index contributed by atoms with van der Waals surface area (Å²) in [5, 5.41) is 5.04. The van der Waals surface area contributed by atoms with Crippen molar-refractivity contribution in [3.63, 3.8) is 0 Å². The molecule has 1 unspecified atom stereocenters. The molecule has 2 aromatic carbocycles. The molecule has 0 saturated heterocycles. The molecule has 4 rings (SSSR count). The monoisotopic (exact) mass is 471 g/mol. The van der Waals surface area contributed by atoms with Gasteiger partial charge in [-0.15, -0.1) is 11.3 Å². The van der Waals surface area contributed by atoms with E-state index < -0.39 is 18.5 Å². The molecule has 1 atom stereocenters.